The standard InChI is InChI=1S/C16H19N3O/c1-11-7-12(2)9-13(8-11)16(20)18-14-5-6-15(17-10-14)19(3)4/h5-10H,1-4H3,(H,18,20). The van der Waals surface area contributed by atoms with E-state index in [0.29, 0.717) is 11.3 Å². The van der Waals surface area contributed by atoms with Crippen molar-refractivity contribution in [2.75, 3.05) is 24.3 Å². The Hall–Kier alpha value is -2.36. The Morgan fingerprint density at radius 1 is 1.10 bits per heavy atom. The molecule has 0 bridgehead atoms. The number of aryl methyl sites for hydroxylation is 2. The summed E-state index contributed by atoms with van der Waals surface area (Å²) in [5.41, 5.74) is 3.52. The molecule has 0 atom stereocenters. The van der Waals surface area contributed by atoms with Crippen molar-refractivity contribution in [1.29, 1.82) is 0 Å². The first-order valence-corrected chi connectivity index (χ1v) is 6.49. The van der Waals surface area contributed by atoms with Crippen molar-refractivity contribution < 1.29 is 4.79 Å². The van der Waals surface area contributed by atoms with Gasteiger partial charge in [-0.15, -0.1) is 0 Å². The number of benzene rings is 1. The fraction of sp³-hybridized carbons (Fsp3) is 0.250. The largest absolute Gasteiger partial charge is 0.363 e. The molecule has 2 aromatic rings. The second-order valence-corrected chi connectivity index (χ2v) is 5.13. The highest BCUT2D eigenvalue weighted by molar-refractivity contribution is 6.04. The number of nitrogens with one attached hydrogen (secondary N) is 1. The summed E-state index contributed by atoms with van der Waals surface area (Å²) in [6, 6.07) is 9.53. The van der Waals surface area contributed by atoms with Crippen molar-refractivity contribution in [2.24, 2.45) is 0 Å². The highest BCUT2D eigenvalue weighted by Gasteiger charge is 2.07. The molecule has 1 aromatic heterocycles. The number of carbonyl (C=O) groups is 1. The monoisotopic (exact) mass is 269 g/mol. The van der Waals surface area contributed by atoms with E-state index in [1.54, 1.807) is 6.20 Å². The van der Waals surface area contributed by atoms with Crippen LogP contribution in [0.15, 0.2) is 36.5 Å². The van der Waals surface area contributed by atoms with Crippen LogP contribution in [0.1, 0.15) is 21.5 Å². The molecule has 0 saturated carbocycles. The van der Waals surface area contributed by atoms with Crippen molar-refractivity contribution in [3.05, 3.63) is 53.2 Å². The van der Waals surface area contributed by atoms with Crippen molar-refractivity contribution in [3.8, 4) is 0 Å². The molecule has 0 spiro atoms. The van der Waals surface area contributed by atoms with E-state index in [9.17, 15) is 4.79 Å². The summed E-state index contributed by atoms with van der Waals surface area (Å²) in [6.07, 6.45) is 1.66. The Labute approximate surface area is 119 Å². The Balaban J connectivity index is 2.14. The fourth-order valence-electron chi connectivity index (χ4n) is 2.03. The van der Waals surface area contributed by atoms with Gasteiger partial charge < -0.3 is 10.2 Å². The molecule has 0 unspecified atom stereocenters. The lowest BCUT2D eigenvalue weighted by molar-refractivity contribution is 0.102. The average Bonchev–Trinajstić information content (AvgIpc) is 2.38. The molecule has 0 fully saturated rings. The van der Waals surface area contributed by atoms with Gasteiger partial charge in [0.1, 0.15) is 5.82 Å². The van der Waals surface area contributed by atoms with Crippen LogP contribution in [0, 0.1) is 13.8 Å². The molecule has 0 aliphatic carbocycles. The number of hydrogen-bond acceptors (Lipinski definition) is 3. The van der Waals surface area contributed by atoms with Gasteiger partial charge >= 0.3 is 0 Å². The lowest BCUT2D eigenvalue weighted by atomic mass is 10.1. The third-order valence-corrected chi connectivity index (χ3v) is 2.95. The van der Waals surface area contributed by atoms with Crippen LogP contribution < -0.4 is 10.2 Å². The van der Waals surface area contributed by atoms with Crippen LogP contribution in [0.4, 0.5) is 11.5 Å². The molecule has 1 N–H and O–H groups in total. The smallest absolute Gasteiger partial charge is 0.255 e. The Bertz CT molecular complexity index is 598. The van der Waals surface area contributed by atoms with Gasteiger partial charge in [0.05, 0.1) is 11.9 Å². The highest BCUT2D eigenvalue weighted by atomic mass is 16.1. The van der Waals surface area contributed by atoms with E-state index >= 15 is 0 Å². The SMILES string of the molecule is Cc1cc(C)cc(C(=O)Nc2ccc(N(C)C)nc2)c1. The lowest BCUT2D eigenvalue weighted by Crippen LogP contribution is -2.14. The summed E-state index contributed by atoms with van der Waals surface area (Å²) < 4.78 is 0. The summed E-state index contributed by atoms with van der Waals surface area (Å²) in [6.45, 7) is 3.97. The minimum absolute atomic E-state index is 0.115. The molecule has 20 heavy (non-hydrogen) atoms. The van der Waals surface area contributed by atoms with Crippen LogP contribution in [0.3, 0.4) is 0 Å². The Kier molecular flexibility index (Phi) is 4.03. The van der Waals surface area contributed by atoms with Gasteiger partial charge in [-0.2, -0.15) is 0 Å². The van der Waals surface area contributed by atoms with Gasteiger partial charge in [-0.25, -0.2) is 4.98 Å². The highest BCUT2D eigenvalue weighted by Crippen LogP contribution is 2.14. The zero-order valence-electron chi connectivity index (χ0n) is 12.3. The van der Waals surface area contributed by atoms with E-state index in [1.807, 2.05) is 63.2 Å². The van der Waals surface area contributed by atoms with Crippen molar-refractivity contribution in [1.82, 2.24) is 4.98 Å². The predicted octanol–water partition coefficient (Wildman–Crippen LogP) is 3.02. The molecule has 0 aliphatic rings. The molecule has 2 rings (SSSR count). The lowest BCUT2D eigenvalue weighted by Gasteiger charge is -2.12. The van der Waals surface area contributed by atoms with Crippen LogP contribution in [0.5, 0.6) is 0 Å². The molecular weight excluding hydrogens is 250 g/mol. The predicted molar refractivity (Wildman–Crippen MR) is 82.4 cm³/mol. The third kappa shape index (κ3) is 3.35. The molecule has 1 amide bonds. The van der Waals surface area contributed by atoms with E-state index in [4.69, 9.17) is 0 Å². The maximum Gasteiger partial charge on any atom is 0.255 e. The summed E-state index contributed by atoms with van der Waals surface area (Å²) in [4.78, 5) is 18.4. The Morgan fingerprint density at radius 2 is 1.75 bits per heavy atom. The van der Waals surface area contributed by atoms with Gasteiger partial charge in [0, 0.05) is 19.7 Å². The molecule has 4 heteroatoms. The quantitative estimate of drug-likeness (QED) is 0.931. The number of rotatable bonds is 3. The molecular formula is C16H19N3O. The van der Waals surface area contributed by atoms with Gasteiger partial charge in [0.2, 0.25) is 0 Å². The van der Waals surface area contributed by atoms with E-state index in [1.165, 1.54) is 0 Å². The van der Waals surface area contributed by atoms with Gasteiger partial charge in [-0.1, -0.05) is 17.2 Å². The minimum Gasteiger partial charge on any atom is -0.363 e. The number of hydrogen-bond donors (Lipinski definition) is 1. The third-order valence-electron chi connectivity index (χ3n) is 2.95. The van der Waals surface area contributed by atoms with Gasteiger partial charge in [-0.3, -0.25) is 4.79 Å². The maximum absolute atomic E-state index is 12.2. The Morgan fingerprint density at radius 3 is 2.25 bits per heavy atom. The number of aromatic nitrogens is 1. The minimum atomic E-state index is -0.115. The van der Waals surface area contributed by atoms with E-state index in [2.05, 4.69) is 10.3 Å². The zero-order chi connectivity index (χ0) is 14.7. The summed E-state index contributed by atoms with van der Waals surface area (Å²) in [5.74, 6) is 0.741. The second kappa shape index (κ2) is 5.74. The first kappa shape index (κ1) is 14.1. The van der Waals surface area contributed by atoms with Crippen LogP contribution in [-0.2, 0) is 0 Å². The normalized spacial score (nSPS) is 10.2. The van der Waals surface area contributed by atoms with E-state index in [-0.39, 0.29) is 5.91 Å². The number of nitrogens with zero attached hydrogens (tertiary/aromatic N) is 2. The molecule has 0 radical (unpaired) electrons. The van der Waals surface area contributed by atoms with Gasteiger partial charge in [-0.05, 0) is 38.1 Å². The van der Waals surface area contributed by atoms with Gasteiger partial charge in [0.25, 0.3) is 5.91 Å². The molecule has 0 aliphatic heterocycles. The zero-order valence-corrected chi connectivity index (χ0v) is 12.3. The van der Waals surface area contributed by atoms with Gasteiger partial charge in [0.15, 0.2) is 0 Å². The topological polar surface area (TPSA) is 45.2 Å². The number of anilines is 2. The molecule has 104 valence electrons. The summed E-state index contributed by atoms with van der Waals surface area (Å²) in [7, 11) is 3.85. The molecule has 1 heterocycles. The summed E-state index contributed by atoms with van der Waals surface area (Å²) in [5, 5.41) is 2.86. The van der Waals surface area contributed by atoms with Crippen molar-refractivity contribution in [2.45, 2.75) is 13.8 Å². The second-order valence-electron chi connectivity index (χ2n) is 5.13. The number of carbonyl (C=O) groups excluding carboxylic acids is 1. The maximum atomic E-state index is 12.2. The first-order valence-electron chi connectivity index (χ1n) is 6.49. The number of amides is 1. The van der Waals surface area contributed by atoms with E-state index < -0.39 is 0 Å². The van der Waals surface area contributed by atoms with Crippen LogP contribution in [0.25, 0.3) is 0 Å². The van der Waals surface area contributed by atoms with Crippen molar-refractivity contribution in [3.63, 3.8) is 0 Å². The molecule has 0 saturated heterocycles. The first-order chi connectivity index (χ1) is 9.45. The number of pyridine rings is 1. The average molecular weight is 269 g/mol. The van der Waals surface area contributed by atoms with Crippen LogP contribution >= 0.6 is 0 Å². The molecule has 4 nitrogen and oxygen atoms in total. The van der Waals surface area contributed by atoms with Crippen LogP contribution in [0.2, 0.25) is 0 Å². The fourth-order valence-corrected chi connectivity index (χ4v) is 2.03. The van der Waals surface area contributed by atoms with E-state index in [0.717, 1.165) is 16.9 Å². The van der Waals surface area contributed by atoms with Crippen molar-refractivity contribution >= 4 is 17.4 Å². The molecule has 1 aromatic carbocycles. The summed E-state index contributed by atoms with van der Waals surface area (Å²) >= 11 is 0. The van der Waals surface area contributed by atoms with Crippen LogP contribution in [-0.4, -0.2) is 25.0 Å².